The third-order valence-electron chi connectivity index (χ3n) is 2.62. The Balaban J connectivity index is 4.03. The molecule has 1 nitrogen and oxygen atoms in total. The Labute approximate surface area is 94.5 Å². The number of hydrogen-bond acceptors (Lipinski definition) is 1. The lowest BCUT2D eigenvalue weighted by Gasteiger charge is -2.19. The van der Waals surface area contributed by atoms with E-state index in [-0.39, 0.29) is 5.41 Å². The Morgan fingerprint density at radius 1 is 1.40 bits per heavy atom. The summed E-state index contributed by atoms with van der Waals surface area (Å²) in [6.07, 6.45) is 9.30. The van der Waals surface area contributed by atoms with Crippen LogP contribution in [0.4, 0.5) is 0 Å². The molecular formula is C14H23N. The van der Waals surface area contributed by atoms with E-state index < -0.39 is 0 Å². The highest BCUT2D eigenvalue weighted by Gasteiger charge is 2.21. The number of nitriles is 1. The largest absolute Gasteiger partial charge is 0.198 e. The van der Waals surface area contributed by atoms with Crippen LogP contribution in [0.5, 0.6) is 0 Å². The van der Waals surface area contributed by atoms with E-state index in [0.717, 1.165) is 32.1 Å². The Kier molecular flexibility index (Phi) is 6.79. The van der Waals surface area contributed by atoms with Gasteiger partial charge in [0.05, 0.1) is 11.5 Å². The third-order valence-corrected chi connectivity index (χ3v) is 2.62. The van der Waals surface area contributed by atoms with E-state index in [2.05, 4.69) is 39.5 Å². The van der Waals surface area contributed by atoms with Crippen LogP contribution in [0.15, 0.2) is 24.3 Å². The Hall–Kier alpha value is -1.03. The van der Waals surface area contributed by atoms with Crippen molar-refractivity contribution in [3.63, 3.8) is 0 Å². The SMILES string of the molecule is C=CCCCCC(C)(C#N)CC=C(C)C. The highest BCUT2D eigenvalue weighted by Crippen LogP contribution is 2.28. The van der Waals surface area contributed by atoms with Gasteiger partial charge in [-0.25, -0.2) is 0 Å². The van der Waals surface area contributed by atoms with Gasteiger partial charge in [-0.15, -0.1) is 6.58 Å². The molecule has 0 rings (SSSR count). The summed E-state index contributed by atoms with van der Waals surface area (Å²) >= 11 is 0. The van der Waals surface area contributed by atoms with Crippen LogP contribution in [0, 0.1) is 16.7 Å². The van der Waals surface area contributed by atoms with E-state index in [4.69, 9.17) is 5.26 Å². The zero-order valence-electron chi connectivity index (χ0n) is 10.3. The Morgan fingerprint density at radius 3 is 2.53 bits per heavy atom. The first-order chi connectivity index (χ1) is 7.04. The monoisotopic (exact) mass is 205 g/mol. The zero-order valence-corrected chi connectivity index (χ0v) is 10.3. The topological polar surface area (TPSA) is 23.8 Å². The van der Waals surface area contributed by atoms with Crippen molar-refractivity contribution in [2.24, 2.45) is 5.41 Å². The molecule has 0 aliphatic carbocycles. The van der Waals surface area contributed by atoms with E-state index in [1.165, 1.54) is 5.57 Å². The van der Waals surface area contributed by atoms with Crippen LogP contribution in [-0.4, -0.2) is 0 Å². The van der Waals surface area contributed by atoms with Gasteiger partial charge in [-0.3, -0.25) is 0 Å². The van der Waals surface area contributed by atoms with Gasteiger partial charge in [0.2, 0.25) is 0 Å². The molecule has 1 heteroatoms. The van der Waals surface area contributed by atoms with Crippen molar-refractivity contribution in [3.8, 4) is 6.07 Å². The molecule has 0 amide bonds. The minimum atomic E-state index is -0.182. The minimum absolute atomic E-state index is 0.182. The van der Waals surface area contributed by atoms with Gasteiger partial charge in [-0.05, 0) is 46.5 Å². The first-order valence-corrected chi connectivity index (χ1v) is 5.69. The van der Waals surface area contributed by atoms with E-state index >= 15 is 0 Å². The molecule has 0 aliphatic heterocycles. The summed E-state index contributed by atoms with van der Waals surface area (Å²) in [5.41, 5.74) is 1.11. The summed E-state index contributed by atoms with van der Waals surface area (Å²) in [5.74, 6) is 0. The first kappa shape index (κ1) is 14.0. The second-order valence-corrected chi connectivity index (χ2v) is 4.69. The summed E-state index contributed by atoms with van der Waals surface area (Å²) in [4.78, 5) is 0. The number of allylic oxidation sites excluding steroid dienone is 3. The summed E-state index contributed by atoms with van der Waals surface area (Å²) in [6, 6.07) is 2.44. The van der Waals surface area contributed by atoms with Gasteiger partial charge >= 0.3 is 0 Å². The van der Waals surface area contributed by atoms with Gasteiger partial charge in [-0.2, -0.15) is 5.26 Å². The van der Waals surface area contributed by atoms with Crippen LogP contribution in [0.1, 0.15) is 52.9 Å². The second-order valence-electron chi connectivity index (χ2n) is 4.69. The molecule has 0 saturated carbocycles. The zero-order chi connectivity index (χ0) is 11.7. The van der Waals surface area contributed by atoms with Crippen LogP contribution >= 0.6 is 0 Å². The molecule has 0 aliphatic rings. The van der Waals surface area contributed by atoms with Crippen molar-refractivity contribution in [1.82, 2.24) is 0 Å². The number of rotatable bonds is 7. The van der Waals surface area contributed by atoms with Gasteiger partial charge in [0.25, 0.3) is 0 Å². The smallest absolute Gasteiger partial charge is 0.0690 e. The van der Waals surface area contributed by atoms with Gasteiger partial charge in [0, 0.05) is 0 Å². The van der Waals surface area contributed by atoms with Crippen molar-refractivity contribution in [2.75, 3.05) is 0 Å². The van der Waals surface area contributed by atoms with E-state index in [0.29, 0.717) is 0 Å². The maximum absolute atomic E-state index is 9.16. The first-order valence-electron chi connectivity index (χ1n) is 5.69. The highest BCUT2D eigenvalue weighted by molar-refractivity contribution is 5.04. The standard InChI is InChI=1S/C14H23N/c1-5-6-7-8-10-14(4,12-15)11-9-13(2)3/h5,9H,1,6-8,10-11H2,2-4H3. The molecule has 0 heterocycles. The van der Waals surface area contributed by atoms with Crippen LogP contribution < -0.4 is 0 Å². The lowest BCUT2D eigenvalue weighted by atomic mass is 9.82. The molecule has 0 fully saturated rings. The second kappa shape index (κ2) is 7.29. The lowest BCUT2D eigenvalue weighted by Crippen LogP contribution is -2.12. The quantitative estimate of drug-likeness (QED) is 0.439. The molecule has 0 N–H and O–H groups in total. The molecule has 0 aromatic heterocycles. The molecule has 0 saturated heterocycles. The molecule has 15 heavy (non-hydrogen) atoms. The summed E-state index contributed by atoms with van der Waals surface area (Å²) < 4.78 is 0. The van der Waals surface area contributed by atoms with Crippen molar-refractivity contribution in [2.45, 2.75) is 52.9 Å². The fourth-order valence-corrected chi connectivity index (χ4v) is 1.44. The fraction of sp³-hybridized carbons (Fsp3) is 0.643. The normalized spacial score (nSPS) is 13.7. The predicted molar refractivity (Wildman–Crippen MR) is 66.4 cm³/mol. The van der Waals surface area contributed by atoms with Crippen molar-refractivity contribution >= 4 is 0 Å². The molecule has 0 aromatic rings. The number of unbranched alkanes of at least 4 members (excludes halogenated alkanes) is 2. The third kappa shape index (κ3) is 6.96. The van der Waals surface area contributed by atoms with Crippen molar-refractivity contribution in [1.29, 1.82) is 5.26 Å². The molecule has 0 bridgehead atoms. The Bertz CT molecular complexity index is 253. The van der Waals surface area contributed by atoms with Crippen LogP contribution in [0.25, 0.3) is 0 Å². The molecule has 0 radical (unpaired) electrons. The fourth-order valence-electron chi connectivity index (χ4n) is 1.44. The maximum Gasteiger partial charge on any atom is 0.0690 e. The average molecular weight is 205 g/mol. The molecule has 0 spiro atoms. The van der Waals surface area contributed by atoms with Gasteiger partial charge in [0.1, 0.15) is 0 Å². The van der Waals surface area contributed by atoms with E-state index in [1.807, 2.05) is 6.08 Å². The average Bonchev–Trinajstić information content (AvgIpc) is 2.22. The molecule has 84 valence electrons. The highest BCUT2D eigenvalue weighted by atomic mass is 14.3. The minimum Gasteiger partial charge on any atom is -0.198 e. The maximum atomic E-state index is 9.16. The number of hydrogen-bond donors (Lipinski definition) is 0. The van der Waals surface area contributed by atoms with Crippen molar-refractivity contribution < 1.29 is 0 Å². The van der Waals surface area contributed by atoms with E-state index in [1.54, 1.807) is 0 Å². The van der Waals surface area contributed by atoms with Crippen LogP contribution in [0.2, 0.25) is 0 Å². The van der Waals surface area contributed by atoms with Gasteiger partial charge in [-0.1, -0.05) is 24.1 Å². The van der Waals surface area contributed by atoms with Crippen LogP contribution in [0.3, 0.4) is 0 Å². The van der Waals surface area contributed by atoms with Crippen molar-refractivity contribution in [3.05, 3.63) is 24.3 Å². The molecular weight excluding hydrogens is 182 g/mol. The summed E-state index contributed by atoms with van der Waals surface area (Å²) in [5, 5.41) is 9.16. The molecule has 0 aromatic carbocycles. The number of nitrogens with zero attached hydrogens (tertiary/aromatic N) is 1. The molecule has 1 unspecified atom stereocenters. The molecule has 1 atom stereocenters. The van der Waals surface area contributed by atoms with Crippen LogP contribution in [-0.2, 0) is 0 Å². The predicted octanol–water partition coefficient (Wildman–Crippen LogP) is 4.62. The van der Waals surface area contributed by atoms with Gasteiger partial charge in [0.15, 0.2) is 0 Å². The van der Waals surface area contributed by atoms with E-state index in [9.17, 15) is 0 Å². The van der Waals surface area contributed by atoms with Gasteiger partial charge < -0.3 is 0 Å². The summed E-state index contributed by atoms with van der Waals surface area (Å²) in [7, 11) is 0. The Morgan fingerprint density at radius 2 is 2.07 bits per heavy atom. The summed E-state index contributed by atoms with van der Waals surface area (Å²) in [6.45, 7) is 9.91. The lowest BCUT2D eigenvalue weighted by molar-refractivity contribution is 0.390.